The van der Waals surface area contributed by atoms with E-state index >= 15 is 0 Å². The maximum Gasteiger partial charge on any atom is 0.123 e. The van der Waals surface area contributed by atoms with Gasteiger partial charge in [0, 0.05) is 24.5 Å². The predicted octanol–water partition coefficient (Wildman–Crippen LogP) is 2.98. The molecule has 0 amide bonds. The van der Waals surface area contributed by atoms with Gasteiger partial charge in [-0.15, -0.1) is 11.3 Å². The van der Waals surface area contributed by atoms with Gasteiger partial charge in [-0.05, 0) is 41.8 Å². The third-order valence-corrected chi connectivity index (χ3v) is 3.70. The van der Waals surface area contributed by atoms with Gasteiger partial charge in [-0.2, -0.15) is 0 Å². The topological polar surface area (TPSA) is 29.3 Å². The van der Waals surface area contributed by atoms with Crippen LogP contribution in [0.15, 0.2) is 35.7 Å². The van der Waals surface area contributed by atoms with E-state index in [4.69, 9.17) is 5.73 Å². The lowest BCUT2D eigenvalue weighted by Crippen LogP contribution is -2.18. The Kier molecular flexibility index (Phi) is 4.47. The van der Waals surface area contributed by atoms with Crippen molar-refractivity contribution >= 4 is 11.3 Å². The molecule has 0 aliphatic rings. The van der Waals surface area contributed by atoms with Crippen molar-refractivity contribution < 1.29 is 4.39 Å². The van der Waals surface area contributed by atoms with Crippen LogP contribution in [0.5, 0.6) is 0 Å². The Balaban J connectivity index is 2.04. The van der Waals surface area contributed by atoms with E-state index in [-0.39, 0.29) is 5.82 Å². The summed E-state index contributed by atoms with van der Waals surface area (Å²) >= 11 is 1.75. The van der Waals surface area contributed by atoms with Crippen molar-refractivity contribution in [1.82, 2.24) is 4.90 Å². The van der Waals surface area contributed by atoms with Crippen LogP contribution in [-0.4, -0.2) is 11.9 Å². The van der Waals surface area contributed by atoms with Crippen LogP contribution < -0.4 is 5.73 Å². The molecule has 2 aromatic rings. The highest BCUT2D eigenvalue weighted by molar-refractivity contribution is 7.09. The van der Waals surface area contributed by atoms with Gasteiger partial charge in [-0.3, -0.25) is 4.90 Å². The van der Waals surface area contributed by atoms with E-state index in [2.05, 4.69) is 29.5 Å². The second-order valence-electron chi connectivity index (χ2n) is 4.37. The van der Waals surface area contributed by atoms with Gasteiger partial charge in [0.25, 0.3) is 0 Å². The van der Waals surface area contributed by atoms with E-state index in [1.807, 2.05) is 6.07 Å². The zero-order chi connectivity index (χ0) is 13.0. The zero-order valence-corrected chi connectivity index (χ0v) is 11.2. The van der Waals surface area contributed by atoms with Gasteiger partial charge in [0.05, 0.1) is 0 Å². The molecule has 0 radical (unpaired) electrons. The normalized spacial score (nSPS) is 11.1. The summed E-state index contributed by atoms with van der Waals surface area (Å²) in [5.74, 6) is -0.222. The highest BCUT2D eigenvalue weighted by Gasteiger charge is 2.07. The largest absolute Gasteiger partial charge is 0.326 e. The minimum Gasteiger partial charge on any atom is -0.326 e. The molecule has 1 aromatic heterocycles. The van der Waals surface area contributed by atoms with Crippen LogP contribution in [0.25, 0.3) is 0 Å². The van der Waals surface area contributed by atoms with Crippen LogP contribution in [0.1, 0.15) is 16.0 Å². The highest BCUT2D eigenvalue weighted by atomic mass is 32.1. The molecule has 1 heterocycles. The number of nitrogens with zero attached hydrogens (tertiary/aromatic N) is 1. The molecule has 0 saturated heterocycles. The summed E-state index contributed by atoms with van der Waals surface area (Å²) in [6.07, 6.45) is 0. The Bertz CT molecular complexity index is 497. The average molecular weight is 264 g/mol. The first kappa shape index (κ1) is 13.2. The summed E-state index contributed by atoms with van der Waals surface area (Å²) in [5, 5.41) is 2.08. The minimum absolute atomic E-state index is 0.222. The minimum atomic E-state index is -0.222. The van der Waals surface area contributed by atoms with E-state index in [0.717, 1.165) is 24.2 Å². The maximum atomic E-state index is 13.1. The predicted molar refractivity (Wildman–Crippen MR) is 73.8 cm³/mol. The van der Waals surface area contributed by atoms with E-state index in [0.29, 0.717) is 6.54 Å². The number of benzene rings is 1. The smallest absolute Gasteiger partial charge is 0.123 e. The van der Waals surface area contributed by atoms with Crippen molar-refractivity contribution in [3.8, 4) is 0 Å². The Morgan fingerprint density at radius 3 is 2.72 bits per heavy atom. The molecule has 0 atom stereocenters. The summed E-state index contributed by atoms with van der Waals surface area (Å²) in [6, 6.07) is 9.01. The number of hydrogen-bond donors (Lipinski definition) is 1. The SMILES string of the molecule is CN(Cc1cccs1)Cc1ccc(F)cc1CN. The molecule has 2 rings (SSSR count). The summed E-state index contributed by atoms with van der Waals surface area (Å²) in [5.41, 5.74) is 7.63. The standard InChI is InChI=1S/C14H17FN2S/c1-17(10-14-3-2-6-18-14)9-11-4-5-13(15)7-12(11)8-16/h2-7H,8-10,16H2,1H3. The molecule has 0 bridgehead atoms. The van der Waals surface area contributed by atoms with Crippen LogP contribution in [0, 0.1) is 5.82 Å². The van der Waals surface area contributed by atoms with Gasteiger partial charge in [0.1, 0.15) is 5.82 Å². The van der Waals surface area contributed by atoms with Crippen molar-refractivity contribution in [3.63, 3.8) is 0 Å². The molecular formula is C14H17FN2S. The number of thiophene rings is 1. The Morgan fingerprint density at radius 2 is 2.06 bits per heavy atom. The molecule has 18 heavy (non-hydrogen) atoms. The molecule has 1 aromatic carbocycles. The van der Waals surface area contributed by atoms with Crippen LogP contribution in [0.4, 0.5) is 4.39 Å². The lowest BCUT2D eigenvalue weighted by atomic mass is 10.1. The molecule has 96 valence electrons. The molecule has 4 heteroatoms. The van der Waals surface area contributed by atoms with Crippen molar-refractivity contribution in [2.75, 3.05) is 7.05 Å². The summed E-state index contributed by atoms with van der Waals surface area (Å²) in [6.45, 7) is 2.06. The number of nitrogens with two attached hydrogens (primary N) is 1. The second kappa shape index (κ2) is 6.09. The summed E-state index contributed by atoms with van der Waals surface area (Å²) in [7, 11) is 2.06. The molecule has 0 unspecified atom stereocenters. The van der Waals surface area contributed by atoms with E-state index in [9.17, 15) is 4.39 Å². The Morgan fingerprint density at radius 1 is 1.22 bits per heavy atom. The van der Waals surface area contributed by atoms with Gasteiger partial charge in [-0.1, -0.05) is 12.1 Å². The third kappa shape index (κ3) is 3.38. The molecule has 0 saturated carbocycles. The average Bonchev–Trinajstić information content (AvgIpc) is 2.84. The molecule has 0 aliphatic carbocycles. The zero-order valence-electron chi connectivity index (χ0n) is 10.4. The summed E-state index contributed by atoms with van der Waals surface area (Å²) in [4.78, 5) is 3.53. The Hall–Kier alpha value is -1.23. The van der Waals surface area contributed by atoms with E-state index in [1.54, 1.807) is 11.3 Å². The fourth-order valence-electron chi connectivity index (χ4n) is 1.95. The van der Waals surface area contributed by atoms with Gasteiger partial charge in [0.15, 0.2) is 0 Å². The molecular weight excluding hydrogens is 247 g/mol. The van der Waals surface area contributed by atoms with Gasteiger partial charge < -0.3 is 5.73 Å². The lowest BCUT2D eigenvalue weighted by Gasteiger charge is -2.17. The first-order valence-electron chi connectivity index (χ1n) is 5.87. The van der Waals surface area contributed by atoms with E-state index < -0.39 is 0 Å². The van der Waals surface area contributed by atoms with Crippen LogP contribution >= 0.6 is 11.3 Å². The van der Waals surface area contributed by atoms with E-state index in [1.165, 1.54) is 17.0 Å². The molecule has 0 fully saturated rings. The van der Waals surface area contributed by atoms with Crippen molar-refractivity contribution in [2.24, 2.45) is 5.73 Å². The molecule has 0 aliphatic heterocycles. The van der Waals surface area contributed by atoms with Crippen molar-refractivity contribution in [3.05, 3.63) is 57.5 Å². The lowest BCUT2D eigenvalue weighted by molar-refractivity contribution is 0.321. The number of rotatable bonds is 5. The Labute approximate surface area is 111 Å². The number of halogens is 1. The quantitative estimate of drug-likeness (QED) is 0.899. The van der Waals surface area contributed by atoms with Gasteiger partial charge >= 0.3 is 0 Å². The van der Waals surface area contributed by atoms with Crippen LogP contribution in [-0.2, 0) is 19.6 Å². The molecule has 2 N–H and O–H groups in total. The molecule has 2 nitrogen and oxygen atoms in total. The first-order chi connectivity index (χ1) is 8.69. The second-order valence-corrected chi connectivity index (χ2v) is 5.40. The van der Waals surface area contributed by atoms with Gasteiger partial charge in [-0.25, -0.2) is 4.39 Å². The highest BCUT2D eigenvalue weighted by Crippen LogP contribution is 2.16. The molecule has 0 spiro atoms. The third-order valence-electron chi connectivity index (χ3n) is 2.83. The van der Waals surface area contributed by atoms with Crippen molar-refractivity contribution in [2.45, 2.75) is 19.6 Å². The first-order valence-corrected chi connectivity index (χ1v) is 6.75. The van der Waals surface area contributed by atoms with Crippen LogP contribution in [0.2, 0.25) is 0 Å². The fourth-order valence-corrected chi connectivity index (χ4v) is 2.74. The number of hydrogen-bond acceptors (Lipinski definition) is 3. The van der Waals surface area contributed by atoms with Crippen molar-refractivity contribution in [1.29, 1.82) is 0 Å². The van der Waals surface area contributed by atoms with Gasteiger partial charge in [0.2, 0.25) is 0 Å². The maximum absolute atomic E-state index is 13.1. The van der Waals surface area contributed by atoms with Crippen LogP contribution in [0.3, 0.4) is 0 Å². The summed E-state index contributed by atoms with van der Waals surface area (Å²) < 4.78 is 13.1. The fraction of sp³-hybridized carbons (Fsp3) is 0.286. The monoisotopic (exact) mass is 264 g/mol.